The lowest BCUT2D eigenvalue weighted by Gasteiger charge is -2.32. The number of nitrogen functional groups attached to an aromatic ring is 1. The summed E-state index contributed by atoms with van der Waals surface area (Å²) in [6.07, 6.45) is 3.48. The van der Waals surface area contributed by atoms with Gasteiger partial charge in [-0.3, -0.25) is 5.41 Å². The number of hydrogen-bond acceptors (Lipinski definition) is 3. The molecule has 0 aliphatic heterocycles. The standard InChI is InChI=1S/C16H25N3O/c1-9-5-6-13(8-10(9)2)20-16-14(15(17)18)11(3)7-12(4)19-16/h7,9-10,13H,5-6,8H2,1-4H3,(H3,17,18). The van der Waals surface area contributed by atoms with Gasteiger partial charge in [-0.1, -0.05) is 13.8 Å². The van der Waals surface area contributed by atoms with E-state index in [0.717, 1.165) is 30.0 Å². The average Bonchev–Trinajstić information content (AvgIpc) is 2.32. The molecule has 1 aliphatic carbocycles. The molecule has 1 heterocycles. The average molecular weight is 275 g/mol. The molecule has 0 radical (unpaired) electrons. The van der Waals surface area contributed by atoms with Gasteiger partial charge in [0.25, 0.3) is 0 Å². The van der Waals surface area contributed by atoms with Crippen molar-refractivity contribution in [2.45, 2.75) is 53.1 Å². The van der Waals surface area contributed by atoms with E-state index in [1.54, 1.807) is 0 Å². The van der Waals surface area contributed by atoms with Crippen LogP contribution in [0, 0.1) is 31.1 Å². The monoisotopic (exact) mass is 275 g/mol. The van der Waals surface area contributed by atoms with Gasteiger partial charge in [0.2, 0.25) is 5.88 Å². The van der Waals surface area contributed by atoms with Crippen molar-refractivity contribution < 1.29 is 4.74 Å². The van der Waals surface area contributed by atoms with E-state index in [4.69, 9.17) is 15.9 Å². The maximum Gasteiger partial charge on any atom is 0.225 e. The van der Waals surface area contributed by atoms with Gasteiger partial charge in [-0.15, -0.1) is 0 Å². The minimum absolute atomic E-state index is 0.0298. The van der Waals surface area contributed by atoms with Crippen LogP contribution in [0.4, 0.5) is 0 Å². The van der Waals surface area contributed by atoms with E-state index < -0.39 is 0 Å². The van der Waals surface area contributed by atoms with Crippen molar-refractivity contribution >= 4 is 5.84 Å². The van der Waals surface area contributed by atoms with Crippen LogP contribution in [0.25, 0.3) is 0 Å². The zero-order valence-electron chi connectivity index (χ0n) is 12.9. The third-order valence-electron chi connectivity index (χ3n) is 4.41. The minimum atomic E-state index is 0.0298. The van der Waals surface area contributed by atoms with Gasteiger partial charge in [0.05, 0.1) is 5.56 Å². The molecule has 110 valence electrons. The number of ether oxygens (including phenoxy) is 1. The van der Waals surface area contributed by atoms with E-state index in [2.05, 4.69) is 18.8 Å². The van der Waals surface area contributed by atoms with Crippen LogP contribution in [0.2, 0.25) is 0 Å². The van der Waals surface area contributed by atoms with Crippen molar-refractivity contribution in [2.75, 3.05) is 0 Å². The van der Waals surface area contributed by atoms with Crippen LogP contribution in [0.1, 0.15) is 49.9 Å². The molecule has 4 heteroatoms. The number of nitrogens with zero attached hydrogens (tertiary/aromatic N) is 1. The van der Waals surface area contributed by atoms with Crippen molar-refractivity contribution in [3.8, 4) is 5.88 Å². The Kier molecular flexibility index (Phi) is 4.31. The first-order chi connectivity index (χ1) is 9.38. The van der Waals surface area contributed by atoms with Gasteiger partial charge in [0.15, 0.2) is 0 Å². The summed E-state index contributed by atoms with van der Waals surface area (Å²) in [7, 11) is 0. The molecule has 0 saturated heterocycles. The Morgan fingerprint density at radius 3 is 2.60 bits per heavy atom. The van der Waals surface area contributed by atoms with Gasteiger partial charge in [-0.05, 0) is 56.6 Å². The van der Waals surface area contributed by atoms with Gasteiger partial charge >= 0.3 is 0 Å². The van der Waals surface area contributed by atoms with Crippen LogP contribution >= 0.6 is 0 Å². The molecule has 1 aromatic rings. The largest absolute Gasteiger partial charge is 0.474 e. The maximum atomic E-state index is 7.73. The van der Waals surface area contributed by atoms with Crippen molar-refractivity contribution in [2.24, 2.45) is 17.6 Å². The predicted molar refractivity (Wildman–Crippen MR) is 81.3 cm³/mol. The Morgan fingerprint density at radius 1 is 1.30 bits per heavy atom. The molecule has 0 amide bonds. The van der Waals surface area contributed by atoms with Gasteiger partial charge in [0.1, 0.15) is 11.9 Å². The van der Waals surface area contributed by atoms with Crippen LogP contribution < -0.4 is 10.5 Å². The van der Waals surface area contributed by atoms with Crippen LogP contribution in [0.3, 0.4) is 0 Å². The smallest absolute Gasteiger partial charge is 0.225 e. The van der Waals surface area contributed by atoms with E-state index in [1.807, 2.05) is 19.9 Å². The summed E-state index contributed by atoms with van der Waals surface area (Å²) >= 11 is 0. The Labute approximate surface area is 121 Å². The van der Waals surface area contributed by atoms with E-state index in [0.29, 0.717) is 17.4 Å². The van der Waals surface area contributed by atoms with Crippen molar-refractivity contribution in [1.82, 2.24) is 4.98 Å². The minimum Gasteiger partial charge on any atom is -0.474 e. The molecule has 3 N–H and O–H groups in total. The second-order valence-electron chi connectivity index (χ2n) is 6.18. The number of aromatic nitrogens is 1. The lowest BCUT2D eigenvalue weighted by Crippen LogP contribution is -2.30. The number of hydrogen-bond donors (Lipinski definition) is 2. The van der Waals surface area contributed by atoms with Crippen molar-refractivity contribution in [3.63, 3.8) is 0 Å². The Balaban J connectivity index is 2.23. The number of aryl methyl sites for hydroxylation is 2. The number of pyridine rings is 1. The molecule has 1 saturated carbocycles. The number of nitrogens with one attached hydrogen (secondary N) is 1. The van der Waals surface area contributed by atoms with Crippen LogP contribution in [0.15, 0.2) is 6.07 Å². The first-order valence-electron chi connectivity index (χ1n) is 7.37. The molecule has 1 aliphatic rings. The van der Waals surface area contributed by atoms with E-state index >= 15 is 0 Å². The molecule has 1 fully saturated rings. The zero-order valence-corrected chi connectivity index (χ0v) is 12.9. The second kappa shape index (κ2) is 5.81. The highest BCUT2D eigenvalue weighted by atomic mass is 16.5. The Morgan fingerprint density at radius 2 is 2.00 bits per heavy atom. The highest BCUT2D eigenvalue weighted by molar-refractivity contribution is 5.98. The maximum absolute atomic E-state index is 7.73. The quantitative estimate of drug-likeness (QED) is 0.657. The molecule has 0 spiro atoms. The summed E-state index contributed by atoms with van der Waals surface area (Å²) in [5, 5.41) is 7.73. The van der Waals surface area contributed by atoms with Gasteiger partial charge in [-0.25, -0.2) is 4.98 Å². The van der Waals surface area contributed by atoms with Crippen LogP contribution in [0.5, 0.6) is 5.88 Å². The third-order valence-corrected chi connectivity index (χ3v) is 4.41. The van der Waals surface area contributed by atoms with Gasteiger partial charge in [0, 0.05) is 5.69 Å². The molecule has 0 bridgehead atoms. The Bertz CT molecular complexity index is 513. The molecule has 3 unspecified atom stereocenters. The lowest BCUT2D eigenvalue weighted by atomic mass is 9.80. The molecular weight excluding hydrogens is 250 g/mol. The third kappa shape index (κ3) is 3.11. The fourth-order valence-electron chi connectivity index (χ4n) is 2.98. The number of nitrogens with two attached hydrogens (primary N) is 1. The summed E-state index contributed by atoms with van der Waals surface area (Å²) in [5.74, 6) is 1.98. The topological polar surface area (TPSA) is 72.0 Å². The predicted octanol–water partition coefficient (Wildman–Crippen LogP) is 3.19. The molecule has 1 aromatic heterocycles. The molecule has 0 aromatic carbocycles. The molecule has 20 heavy (non-hydrogen) atoms. The van der Waals surface area contributed by atoms with Gasteiger partial charge < -0.3 is 10.5 Å². The van der Waals surface area contributed by atoms with E-state index in [1.165, 1.54) is 6.42 Å². The summed E-state index contributed by atoms with van der Waals surface area (Å²) < 4.78 is 6.10. The second-order valence-corrected chi connectivity index (χ2v) is 6.18. The SMILES string of the molecule is Cc1cc(C)c(C(=N)N)c(OC2CCC(C)C(C)C2)n1. The number of amidine groups is 1. The fourth-order valence-corrected chi connectivity index (χ4v) is 2.98. The first-order valence-corrected chi connectivity index (χ1v) is 7.37. The highest BCUT2D eigenvalue weighted by Crippen LogP contribution is 2.32. The molecular formula is C16H25N3O. The Hall–Kier alpha value is -1.58. The first kappa shape index (κ1) is 14.8. The van der Waals surface area contributed by atoms with Crippen molar-refractivity contribution in [3.05, 3.63) is 22.9 Å². The van der Waals surface area contributed by atoms with Gasteiger partial charge in [-0.2, -0.15) is 0 Å². The van der Waals surface area contributed by atoms with Crippen LogP contribution in [-0.4, -0.2) is 16.9 Å². The molecule has 2 rings (SSSR count). The fraction of sp³-hybridized carbons (Fsp3) is 0.625. The lowest BCUT2D eigenvalue weighted by molar-refractivity contribution is 0.0961. The van der Waals surface area contributed by atoms with E-state index in [9.17, 15) is 0 Å². The normalized spacial score (nSPS) is 26.3. The van der Waals surface area contributed by atoms with E-state index in [-0.39, 0.29) is 11.9 Å². The molecule has 4 nitrogen and oxygen atoms in total. The summed E-state index contributed by atoms with van der Waals surface area (Å²) in [4.78, 5) is 4.45. The zero-order chi connectivity index (χ0) is 14.9. The summed E-state index contributed by atoms with van der Waals surface area (Å²) in [6.45, 7) is 8.47. The summed E-state index contributed by atoms with van der Waals surface area (Å²) in [6, 6.07) is 1.94. The van der Waals surface area contributed by atoms with Crippen LogP contribution in [-0.2, 0) is 0 Å². The van der Waals surface area contributed by atoms with Crippen molar-refractivity contribution in [1.29, 1.82) is 5.41 Å². The summed E-state index contributed by atoms with van der Waals surface area (Å²) in [5.41, 5.74) is 8.18. The number of rotatable bonds is 3. The highest BCUT2D eigenvalue weighted by Gasteiger charge is 2.27. The molecule has 3 atom stereocenters.